The van der Waals surface area contributed by atoms with E-state index in [1.165, 1.54) is 4.31 Å². The maximum Gasteiger partial charge on any atom is 0.301 e. The molecule has 9 nitrogen and oxygen atoms in total. The Morgan fingerprint density at radius 1 is 1.35 bits per heavy atom. The Kier molecular flexibility index (Phi) is 4.06. The van der Waals surface area contributed by atoms with Crippen LogP contribution in [0, 0.1) is 10.1 Å². The second-order valence-corrected chi connectivity index (χ2v) is 5.75. The van der Waals surface area contributed by atoms with Crippen LogP contribution in [0.15, 0.2) is 18.2 Å². The number of non-ortho nitro benzene ring substituents is 1. The molecular weight excluding hydrogens is 290 g/mol. The van der Waals surface area contributed by atoms with E-state index < -0.39 is 20.9 Å². The molecule has 10 heteroatoms. The smallest absolute Gasteiger partial charge is 0.301 e. The third-order valence-corrected chi connectivity index (χ3v) is 4.26. The van der Waals surface area contributed by atoms with Gasteiger partial charge in [0.2, 0.25) is 0 Å². The minimum Gasteiger partial charge on any atom is -0.505 e. The molecule has 0 radical (unpaired) electrons. The average molecular weight is 303 g/mol. The standard InChI is InChI=1S/C10H13N3O6S/c14-10-7-8(13(15)16)1-2-9(10)11-20(17,18)12-3-5-19-6-4-12/h1-2,7,11,14H,3-6H2. The van der Waals surface area contributed by atoms with Gasteiger partial charge < -0.3 is 9.84 Å². The van der Waals surface area contributed by atoms with Gasteiger partial charge in [0.25, 0.3) is 5.69 Å². The molecular formula is C10H13N3O6S. The van der Waals surface area contributed by atoms with Crippen LogP contribution in [-0.2, 0) is 14.9 Å². The van der Waals surface area contributed by atoms with E-state index in [0.29, 0.717) is 13.2 Å². The lowest BCUT2D eigenvalue weighted by Gasteiger charge is -2.26. The third-order valence-electron chi connectivity index (χ3n) is 2.74. The zero-order chi connectivity index (χ0) is 14.8. The quantitative estimate of drug-likeness (QED) is 0.468. The van der Waals surface area contributed by atoms with Gasteiger partial charge in [-0.25, -0.2) is 0 Å². The minimum atomic E-state index is -3.82. The van der Waals surface area contributed by atoms with E-state index in [1.54, 1.807) is 0 Å². The Morgan fingerprint density at radius 2 is 2.00 bits per heavy atom. The number of phenols is 1. The van der Waals surface area contributed by atoms with Gasteiger partial charge in [-0.2, -0.15) is 12.7 Å². The van der Waals surface area contributed by atoms with E-state index in [-0.39, 0.29) is 24.5 Å². The number of ether oxygens (including phenoxy) is 1. The lowest BCUT2D eigenvalue weighted by atomic mass is 10.3. The van der Waals surface area contributed by atoms with Crippen LogP contribution in [0.2, 0.25) is 0 Å². The number of nitrogens with one attached hydrogen (secondary N) is 1. The topological polar surface area (TPSA) is 122 Å². The summed E-state index contributed by atoms with van der Waals surface area (Å²) in [5.41, 5.74) is -0.432. The number of nitro groups is 1. The number of benzene rings is 1. The van der Waals surface area contributed by atoms with E-state index in [0.717, 1.165) is 18.2 Å². The van der Waals surface area contributed by atoms with Crippen molar-refractivity contribution >= 4 is 21.6 Å². The highest BCUT2D eigenvalue weighted by Crippen LogP contribution is 2.29. The van der Waals surface area contributed by atoms with Crippen LogP contribution in [0.5, 0.6) is 5.75 Å². The van der Waals surface area contributed by atoms with Crippen molar-refractivity contribution in [2.24, 2.45) is 0 Å². The molecule has 1 heterocycles. The Hall–Kier alpha value is -1.91. The summed E-state index contributed by atoms with van der Waals surface area (Å²) in [4.78, 5) is 9.85. The monoisotopic (exact) mass is 303 g/mol. The number of nitro benzene ring substituents is 1. The fourth-order valence-corrected chi connectivity index (χ4v) is 2.92. The van der Waals surface area contributed by atoms with Crippen molar-refractivity contribution in [3.05, 3.63) is 28.3 Å². The maximum absolute atomic E-state index is 12.0. The average Bonchev–Trinajstić information content (AvgIpc) is 2.41. The van der Waals surface area contributed by atoms with Gasteiger partial charge in [-0.3, -0.25) is 14.8 Å². The molecule has 0 spiro atoms. The van der Waals surface area contributed by atoms with Crippen LogP contribution >= 0.6 is 0 Å². The number of hydrogen-bond donors (Lipinski definition) is 2. The SMILES string of the molecule is O=[N+]([O-])c1ccc(NS(=O)(=O)N2CCOCC2)c(O)c1. The Bertz CT molecular complexity index is 611. The van der Waals surface area contributed by atoms with Gasteiger partial charge in [0.1, 0.15) is 5.75 Å². The fraction of sp³-hybridized carbons (Fsp3) is 0.400. The van der Waals surface area contributed by atoms with Gasteiger partial charge in [-0.1, -0.05) is 0 Å². The second kappa shape index (κ2) is 5.61. The molecule has 1 aliphatic rings. The zero-order valence-electron chi connectivity index (χ0n) is 10.4. The van der Waals surface area contributed by atoms with E-state index >= 15 is 0 Å². The first kappa shape index (κ1) is 14.5. The van der Waals surface area contributed by atoms with Gasteiger partial charge in [0.05, 0.1) is 29.9 Å². The number of rotatable bonds is 4. The van der Waals surface area contributed by atoms with E-state index in [4.69, 9.17) is 4.74 Å². The van der Waals surface area contributed by atoms with Gasteiger partial charge >= 0.3 is 10.2 Å². The second-order valence-electron chi connectivity index (χ2n) is 4.08. The normalized spacial score (nSPS) is 16.8. The van der Waals surface area contributed by atoms with Crippen LogP contribution in [-0.4, -0.2) is 49.1 Å². The van der Waals surface area contributed by atoms with Crippen molar-refractivity contribution in [3.63, 3.8) is 0 Å². The molecule has 1 aliphatic heterocycles. The maximum atomic E-state index is 12.0. The van der Waals surface area contributed by atoms with E-state index in [2.05, 4.69) is 4.72 Å². The van der Waals surface area contributed by atoms with Crippen molar-refractivity contribution in [2.75, 3.05) is 31.0 Å². The largest absolute Gasteiger partial charge is 0.505 e. The first-order valence-electron chi connectivity index (χ1n) is 5.73. The summed E-state index contributed by atoms with van der Waals surface area (Å²) in [5, 5.41) is 20.2. The lowest BCUT2D eigenvalue weighted by molar-refractivity contribution is -0.384. The molecule has 0 atom stereocenters. The summed E-state index contributed by atoms with van der Waals surface area (Å²) in [5.74, 6) is -0.504. The molecule has 0 unspecified atom stereocenters. The van der Waals surface area contributed by atoms with E-state index in [1.807, 2.05) is 0 Å². The highest BCUT2D eigenvalue weighted by Gasteiger charge is 2.25. The predicted molar refractivity (Wildman–Crippen MR) is 69.7 cm³/mol. The lowest BCUT2D eigenvalue weighted by Crippen LogP contribution is -2.43. The summed E-state index contributed by atoms with van der Waals surface area (Å²) >= 11 is 0. The van der Waals surface area contributed by atoms with Crippen LogP contribution < -0.4 is 4.72 Å². The highest BCUT2D eigenvalue weighted by molar-refractivity contribution is 7.90. The Balaban J connectivity index is 2.18. The molecule has 0 saturated carbocycles. The summed E-state index contributed by atoms with van der Waals surface area (Å²) in [6, 6.07) is 3.14. The molecule has 0 aliphatic carbocycles. The molecule has 1 aromatic carbocycles. The van der Waals surface area contributed by atoms with E-state index in [9.17, 15) is 23.6 Å². The van der Waals surface area contributed by atoms with Gasteiger partial charge in [0.15, 0.2) is 0 Å². The van der Waals surface area contributed by atoms with Crippen molar-refractivity contribution in [1.29, 1.82) is 0 Å². The van der Waals surface area contributed by atoms with Crippen molar-refractivity contribution in [2.45, 2.75) is 0 Å². The number of nitrogens with zero attached hydrogens (tertiary/aromatic N) is 2. The Morgan fingerprint density at radius 3 is 2.55 bits per heavy atom. The third kappa shape index (κ3) is 3.15. The first-order valence-corrected chi connectivity index (χ1v) is 7.17. The van der Waals surface area contributed by atoms with Gasteiger partial charge in [-0.15, -0.1) is 0 Å². The minimum absolute atomic E-state index is 0.109. The molecule has 1 saturated heterocycles. The van der Waals surface area contributed by atoms with Crippen molar-refractivity contribution < 1.29 is 23.2 Å². The fourth-order valence-electron chi connectivity index (χ4n) is 1.71. The van der Waals surface area contributed by atoms with Crippen molar-refractivity contribution in [1.82, 2.24) is 4.31 Å². The first-order chi connectivity index (χ1) is 9.40. The highest BCUT2D eigenvalue weighted by atomic mass is 32.2. The Labute approximate surface area is 115 Å². The molecule has 20 heavy (non-hydrogen) atoms. The van der Waals surface area contributed by atoms with Crippen LogP contribution in [0.3, 0.4) is 0 Å². The number of morpholine rings is 1. The summed E-state index contributed by atoms with van der Waals surface area (Å²) in [7, 11) is -3.82. The number of hydrogen-bond acceptors (Lipinski definition) is 6. The molecule has 2 N–H and O–H groups in total. The molecule has 1 aromatic rings. The molecule has 0 bridgehead atoms. The summed E-state index contributed by atoms with van der Waals surface area (Å²) < 4.78 is 32.5. The number of anilines is 1. The molecule has 110 valence electrons. The van der Waals surface area contributed by atoms with Crippen LogP contribution in [0.1, 0.15) is 0 Å². The van der Waals surface area contributed by atoms with Gasteiger partial charge in [-0.05, 0) is 6.07 Å². The summed E-state index contributed by atoms with van der Waals surface area (Å²) in [6.07, 6.45) is 0. The zero-order valence-corrected chi connectivity index (χ0v) is 11.2. The van der Waals surface area contributed by atoms with Crippen LogP contribution in [0.25, 0.3) is 0 Å². The molecule has 0 amide bonds. The molecule has 0 aromatic heterocycles. The predicted octanol–water partition coefficient (Wildman–Crippen LogP) is 0.289. The summed E-state index contributed by atoms with van der Waals surface area (Å²) in [6.45, 7) is 1.02. The van der Waals surface area contributed by atoms with Crippen molar-refractivity contribution in [3.8, 4) is 5.75 Å². The molecule has 2 rings (SSSR count). The number of aromatic hydroxyl groups is 1. The van der Waals surface area contributed by atoms with Crippen LogP contribution in [0.4, 0.5) is 11.4 Å². The number of phenolic OH excluding ortho intramolecular Hbond substituents is 1. The molecule has 1 fully saturated rings. The van der Waals surface area contributed by atoms with Gasteiger partial charge in [0, 0.05) is 19.2 Å².